The molecule has 0 aliphatic rings. The van der Waals surface area contributed by atoms with E-state index >= 15 is 0 Å². The maximum Gasteiger partial charge on any atom is 0.154 e. The normalized spacial score (nSPS) is 11.0. The first kappa shape index (κ1) is 13.9. The number of halogens is 1. The van der Waals surface area contributed by atoms with Crippen molar-refractivity contribution < 1.29 is 4.42 Å². The SMILES string of the molecule is CCNc1ncnc(-c2cc3cc(Cl)ccc3o2)c1CC. The minimum Gasteiger partial charge on any atom is -0.454 e. The Hall–Kier alpha value is -2.07. The fourth-order valence-corrected chi connectivity index (χ4v) is 2.59. The Bertz CT molecular complexity index is 782. The highest BCUT2D eigenvalue weighted by atomic mass is 35.5. The van der Waals surface area contributed by atoms with Crippen molar-refractivity contribution in [3.8, 4) is 11.5 Å². The summed E-state index contributed by atoms with van der Waals surface area (Å²) in [6, 6.07) is 7.56. The largest absolute Gasteiger partial charge is 0.454 e. The zero-order valence-electron chi connectivity index (χ0n) is 12.0. The molecule has 1 N–H and O–H groups in total. The standard InChI is InChI=1S/C16H16ClN3O/c1-3-12-15(19-9-20-16(12)18-4-2)14-8-10-7-11(17)5-6-13(10)21-14/h5-9H,3-4H2,1-2H3,(H,18,19,20). The second-order valence-corrected chi connectivity index (χ2v) is 5.16. The fraction of sp³-hybridized carbons (Fsp3) is 0.250. The van der Waals surface area contributed by atoms with E-state index in [4.69, 9.17) is 16.0 Å². The molecule has 0 aliphatic heterocycles. The molecule has 0 fully saturated rings. The quantitative estimate of drug-likeness (QED) is 0.769. The van der Waals surface area contributed by atoms with Gasteiger partial charge in [-0.25, -0.2) is 9.97 Å². The van der Waals surface area contributed by atoms with E-state index in [2.05, 4.69) is 22.2 Å². The Labute approximate surface area is 128 Å². The molecule has 2 heterocycles. The first-order chi connectivity index (χ1) is 10.2. The molecule has 0 saturated carbocycles. The first-order valence-electron chi connectivity index (χ1n) is 7.00. The van der Waals surface area contributed by atoms with Crippen molar-refractivity contribution in [1.29, 1.82) is 0 Å². The topological polar surface area (TPSA) is 51.0 Å². The van der Waals surface area contributed by atoms with E-state index in [0.29, 0.717) is 5.02 Å². The molecular weight excluding hydrogens is 286 g/mol. The number of hydrogen-bond acceptors (Lipinski definition) is 4. The Morgan fingerprint density at radius 3 is 2.81 bits per heavy atom. The van der Waals surface area contributed by atoms with Crippen molar-refractivity contribution in [3.05, 3.63) is 41.2 Å². The number of hydrogen-bond donors (Lipinski definition) is 1. The predicted octanol–water partition coefficient (Wildman–Crippen LogP) is 4.54. The van der Waals surface area contributed by atoms with E-state index < -0.39 is 0 Å². The number of fused-ring (bicyclic) bond motifs is 1. The van der Waals surface area contributed by atoms with Gasteiger partial charge in [0.2, 0.25) is 0 Å². The van der Waals surface area contributed by atoms with Crippen LogP contribution in [0.2, 0.25) is 5.02 Å². The van der Waals surface area contributed by atoms with Crippen LogP contribution in [0.25, 0.3) is 22.4 Å². The molecule has 0 amide bonds. The van der Waals surface area contributed by atoms with Crippen LogP contribution < -0.4 is 5.32 Å². The highest BCUT2D eigenvalue weighted by Crippen LogP contribution is 2.32. The van der Waals surface area contributed by atoms with Gasteiger partial charge in [-0.15, -0.1) is 0 Å². The zero-order chi connectivity index (χ0) is 14.8. The van der Waals surface area contributed by atoms with Crippen LogP contribution in [0, 0.1) is 0 Å². The van der Waals surface area contributed by atoms with E-state index in [1.54, 1.807) is 6.33 Å². The number of rotatable bonds is 4. The van der Waals surface area contributed by atoms with Gasteiger partial charge in [0.1, 0.15) is 23.4 Å². The van der Waals surface area contributed by atoms with Crippen molar-refractivity contribution in [2.75, 3.05) is 11.9 Å². The number of nitrogens with one attached hydrogen (secondary N) is 1. The van der Waals surface area contributed by atoms with Gasteiger partial charge in [0.15, 0.2) is 5.76 Å². The molecule has 0 saturated heterocycles. The van der Waals surface area contributed by atoms with Gasteiger partial charge in [-0.1, -0.05) is 18.5 Å². The van der Waals surface area contributed by atoms with Crippen molar-refractivity contribution in [1.82, 2.24) is 9.97 Å². The smallest absolute Gasteiger partial charge is 0.154 e. The lowest BCUT2D eigenvalue weighted by molar-refractivity contribution is 0.627. The molecule has 0 bridgehead atoms. The average molecular weight is 302 g/mol. The molecule has 1 aromatic carbocycles. The third kappa shape index (κ3) is 2.59. The van der Waals surface area contributed by atoms with E-state index in [1.165, 1.54) is 0 Å². The second kappa shape index (κ2) is 5.74. The van der Waals surface area contributed by atoms with Crippen LogP contribution in [0.3, 0.4) is 0 Å². The lowest BCUT2D eigenvalue weighted by atomic mass is 10.1. The van der Waals surface area contributed by atoms with E-state index in [-0.39, 0.29) is 0 Å². The van der Waals surface area contributed by atoms with Gasteiger partial charge in [0.25, 0.3) is 0 Å². The maximum absolute atomic E-state index is 6.02. The Morgan fingerprint density at radius 1 is 1.19 bits per heavy atom. The monoisotopic (exact) mass is 301 g/mol. The van der Waals surface area contributed by atoms with Crippen LogP contribution in [0.1, 0.15) is 19.4 Å². The summed E-state index contributed by atoms with van der Waals surface area (Å²) in [6.07, 6.45) is 2.39. The Balaban J connectivity index is 2.15. The molecule has 21 heavy (non-hydrogen) atoms. The molecule has 0 aliphatic carbocycles. The summed E-state index contributed by atoms with van der Waals surface area (Å²) in [7, 11) is 0. The van der Waals surface area contributed by atoms with Crippen LogP contribution in [-0.2, 0) is 6.42 Å². The zero-order valence-corrected chi connectivity index (χ0v) is 12.7. The number of anilines is 1. The van der Waals surface area contributed by atoms with Crippen LogP contribution in [0.15, 0.2) is 35.0 Å². The average Bonchev–Trinajstić information content (AvgIpc) is 2.90. The summed E-state index contributed by atoms with van der Waals surface area (Å²) in [5.41, 5.74) is 2.69. The molecule has 2 aromatic heterocycles. The highest BCUT2D eigenvalue weighted by Gasteiger charge is 2.15. The minimum atomic E-state index is 0.696. The fourth-order valence-electron chi connectivity index (χ4n) is 2.41. The van der Waals surface area contributed by atoms with Crippen LogP contribution in [-0.4, -0.2) is 16.5 Å². The number of furan rings is 1. The van der Waals surface area contributed by atoms with Crippen LogP contribution in [0.5, 0.6) is 0 Å². The van der Waals surface area contributed by atoms with Gasteiger partial charge in [-0.2, -0.15) is 0 Å². The predicted molar refractivity (Wildman–Crippen MR) is 85.8 cm³/mol. The van der Waals surface area contributed by atoms with Crippen LogP contribution >= 0.6 is 11.6 Å². The number of benzene rings is 1. The Kier molecular flexibility index (Phi) is 3.80. The molecule has 5 heteroatoms. The molecule has 108 valence electrons. The third-order valence-corrected chi connectivity index (χ3v) is 3.59. The van der Waals surface area contributed by atoms with Gasteiger partial charge < -0.3 is 9.73 Å². The third-order valence-electron chi connectivity index (χ3n) is 3.35. The van der Waals surface area contributed by atoms with Gasteiger partial charge in [0, 0.05) is 22.5 Å². The molecule has 0 radical (unpaired) electrons. The van der Waals surface area contributed by atoms with E-state index in [0.717, 1.165) is 46.8 Å². The van der Waals surface area contributed by atoms with Gasteiger partial charge in [0.05, 0.1) is 0 Å². The molecule has 3 rings (SSSR count). The minimum absolute atomic E-state index is 0.696. The summed E-state index contributed by atoms with van der Waals surface area (Å²) in [6.45, 7) is 4.95. The first-order valence-corrected chi connectivity index (χ1v) is 7.38. The maximum atomic E-state index is 6.02. The molecule has 0 spiro atoms. The summed E-state index contributed by atoms with van der Waals surface area (Å²) in [5.74, 6) is 1.61. The lowest BCUT2D eigenvalue weighted by Gasteiger charge is -2.10. The van der Waals surface area contributed by atoms with Gasteiger partial charge in [-0.3, -0.25) is 0 Å². The lowest BCUT2D eigenvalue weighted by Crippen LogP contribution is -2.05. The van der Waals surface area contributed by atoms with Gasteiger partial charge >= 0.3 is 0 Å². The second-order valence-electron chi connectivity index (χ2n) is 4.73. The Morgan fingerprint density at radius 2 is 2.05 bits per heavy atom. The van der Waals surface area contributed by atoms with Crippen LogP contribution in [0.4, 0.5) is 5.82 Å². The van der Waals surface area contributed by atoms with Crippen molar-refractivity contribution in [2.24, 2.45) is 0 Å². The summed E-state index contributed by atoms with van der Waals surface area (Å²) in [4.78, 5) is 8.71. The molecule has 4 nitrogen and oxygen atoms in total. The summed E-state index contributed by atoms with van der Waals surface area (Å²) in [5, 5.41) is 4.94. The highest BCUT2D eigenvalue weighted by molar-refractivity contribution is 6.31. The molecule has 0 unspecified atom stereocenters. The van der Waals surface area contributed by atoms with Crippen molar-refractivity contribution >= 4 is 28.4 Å². The van der Waals surface area contributed by atoms with Crippen molar-refractivity contribution in [3.63, 3.8) is 0 Å². The van der Waals surface area contributed by atoms with Gasteiger partial charge in [-0.05, 0) is 37.6 Å². The van der Waals surface area contributed by atoms with E-state index in [9.17, 15) is 0 Å². The molecule has 3 aromatic rings. The summed E-state index contributed by atoms with van der Waals surface area (Å²) < 4.78 is 5.91. The molecule has 0 atom stereocenters. The van der Waals surface area contributed by atoms with E-state index in [1.807, 2.05) is 31.2 Å². The number of nitrogens with zero attached hydrogens (tertiary/aromatic N) is 2. The number of aromatic nitrogens is 2. The molecular formula is C16H16ClN3O. The summed E-state index contributed by atoms with van der Waals surface area (Å²) >= 11 is 6.02. The van der Waals surface area contributed by atoms with Crippen molar-refractivity contribution in [2.45, 2.75) is 20.3 Å².